The van der Waals surface area contributed by atoms with E-state index < -0.39 is 24.2 Å². The number of nitriles is 1. The Kier molecular flexibility index (Phi) is 8.56. The highest BCUT2D eigenvalue weighted by atomic mass is 19.4. The quantitative estimate of drug-likeness (QED) is 0.429. The molecule has 170 valence electrons. The summed E-state index contributed by atoms with van der Waals surface area (Å²) in [6.07, 6.45) is -4.44. The molecule has 0 heterocycles. The lowest BCUT2D eigenvalue weighted by molar-refractivity contribution is -0.161. The summed E-state index contributed by atoms with van der Waals surface area (Å²) in [4.78, 5) is 23.7. The molecule has 8 heteroatoms. The summed E-state index contributed by atoms with van der Waals surface area (Å²) < 4.78 is 41.7. The second-order valence-electron chi connectivity index (χ2n) is 7.95. The largest absolute Gasteiger partial charge is 0.407 e. The van der Waals surface area contributed by atoms with E-state index in [0.29, 0.717) is 11.1 Å². The Labute approximate surface area is 185 Å². The molecule has 5 nitrogen and oxygen atoms in total. The Morgan fingerprint density at radius 1 is 1.00 bits per heavy atom. The van der Waals surface area contributed by atoms with Crippen LogP contribution in [0.4, 0.5) is 13.2 Å². The molecule has 0 aliphatic rings. The highest BCUT2D eigenvalue weighted by Crippen LogP contribution is 2.34. The van der Waals surface area contributed by atoms with E-state index in [2.05, 4.69) is 10.6 Å². The summed E-state index contributed by atoms with van der Waals surface area (Å²) in [5, 5.41) is 13.4. The molecule has 2 aromatic carbocycles. The van der Waals surface area contributed by atoms with E-state index in [9.17, 15) is 22.8 Å². The summed E-state index contributed by atoms with van der Waals surface area (Å²) in [6.45, 7) is 4.80. The van der Waals surface area contributed by atoms with Crippen LogP contribution in [0.25, 0.3) is 11.1 Å². The van der Waals surface area contributed by atoms with Crippen LogP contribution in [0.2, 0.25) is 0 Å². The van der Waals surface area contributed by atoms with Crippen molar-refractivity contribution in [2.45, 2.75) is 45.5 Å². The van der Waals surface area contributed by atoms with E-state index in [1.807, 2.05) is 0 Å². The van der Waals surface area contributed by atoms with Crippen LogP contribution in [0, 0.1) is 17.2 Å². The predicted molar refractivity (Wildman–Crippen MR) is 116 cm³/mol. The zero-order chi connectivity index (χ0) is 23.9. The van der Waals surface area contributed by atoms with E-state index >= 15 is 0 Å². The number of benzene rings is 2. The number of carbonyl (C=O) groups excluding carboxylic acids is 2. The molecule has 0 spiro atoms. The van der Waals surface area contributed by atoms with Crippen LogP contribution >= 0.6 is 0 Å². The van der Waals surface area contributed by atoms with Crippen LogP contribution in [-0.2, 0) is 4.79 Å². The minimum atomic E-state index is -4.63. The van der Waals surface area contributed by atoms with E-state index in [4.69, 9.17) is 5.26 Å². The van der Waals surface area contributed by atoms with Crippen molar-refractivity contribution >= 4 is 11.7 Å². The highest BCUT2D eigenvalue weighted by Gasteiger charge is 2.42. The Balaban J connectivity index is 2.29. The molecule has 0 fully saturated rings. The number of nitrogens with zero attached hydrogens (tertiary/aromatic N) is 1. The fourth-order valence-corrected chi connectivity index (χ4v) is 3.32. The van der Waals surface area contributed by atoms with Gasteiger partial charge in [-0.05, 0) is 36.0 Å². The van der Waals surface area contributed by atoms with Crippen molar-refractivity contribution in [1.82, 2.24) is 10.6 Å². The van der Waals surface area contributed by atoms with Crippen LogP contribution in [0.5, 0.6) is 0 Å². The molecule has 32 heavy (non-hydrogen) atoms. The smallest absolute Gasteiger partial charge is 0.342 e. The van der Waals surface area contributed by atoms with Crippen molar-refractivity contribution in [3.63, 3.8) is 0 Å². The molecule has 1 amide bonds. The SMILES string of the molecule is CC(=O)c1ccc(-c2ccc([C@H](NC(CC(C)C)C(=O)NCC#N)C(F)(F)F)cc2)cc1. The number of amides is 1. The van der Waals surface area contributed by atoms with Gasteiger partial charge in [0.15, 0.2) is 5.78 Å². The third-order valence-electron chi connectivity index (χ3n) is 4.93. The van der Waals surface area contributed by atoms with Gasteiger partial charge in [-0.3, -0.25) is 14.9 Å². The van der Waals surface area contributed by atoms with Crippen molar-refractivity contribution in [1.29, 1.82) is 5.26 Å². The van der Waals surface area contributed by atoms with Crippen LogP contribution < -0.4 is 10.6 Å². The van der Waals surface area contributed by atoms with Gasteiger partial charge >= 0.3 is 6.18 Å². The minimum absolute atomic E-state index is 0.0246. The summed E-state index contributed by atoms with van der Waals surface area (Å²) >= 11 is 0. The number of hydrogen-bond donors (Lipinski definition) is 2. The summed E-state index contributed by atoms with van der Waals surface area (Å²) in [5.41, 5.74) is 2.00. The number of nitrogens with one attached hydrogen (secondary N) is 2. The Bertz CT molecular complexity index is 962. The lowest BCUT2D eigenvalue weighted by Crippen LogP contribution is -2.49. The maximum absolute atomic E-state index is 13.9. The van der Waals surface area contributed by atoms with Crippen molar-refractivity contribution in [3.05, 3.63) is 59.7 Å². The van der Waals surface area contributed by atoms with E-state index in [0.717, 1.165) is 5.56 Å². The number of rotatable bonds is 9. The van der Waals surface area contributed by atoms with Gasteiger partial charge in [0.05, 0.1) is 12.1 Å². The topological polar surface area (TPSA) is 82.0 Å². The van der Waals surface area contributed by atoms with Crippen molar-refractivity contribution in [2.24, 2.45) is 5.92 Å². The monoisotopic (exact) mass is 445 g/mol. The Morgan fingerprint density at radius 2 is 1.53 bits per heavy atom. The molecule has 0 radical (unpaired) electrons. The highest BCUT2D eigenvalue weighted by molar-refractivity contribution is 5.94. The van der Waals surface area contributed by atoms with E-state index in [1.165, 1.54) is 19.1 Å². The van der Waals surface area contributed by atoms with Crippen LogP contribution in [0.15, 0.2) is 48.5 Å². The molecule has 2 aromatic rings. The molecular formula is C24H26F3N3O2. The standard InChI is InChI=1S/C24H26F3N3O2/c1-15(2)14-21(23(32)29-13-12-28)30-22(24(25,26)27)20-10-8-19(9-11-20)18-6-4-17(5-7-18)16(3)31/h4-11,15,21-22,30H,13-14H2,1-3H3,(H,29,32)/t21?,22-/m0/s1. The maximum atomic E-state index is 13.9. The van der Waals surface area contributed by atoms with Gasteiger partial charge < -0.3 is 5.32 Å². The van der Waals surface area contributed by atoms with Gasteiger partial charge in [0.1, 0.15) is 12.6 Å². The summed E-state index contributed by atoms with van der Waals surface area (Å²) in [5.74, 6) is -0.744. The lowest BCUT2D eigenvalue weighted by atomic mass is 9.97. The molecule has 0 saturated heterocycles. The molecule has 2 rings (SSSR count). The first-order chi connectivity index (χ1) is 15.0. The van der Waals surface area contributed by atoms with Crippen molar-refractivity contribution < 1.29 is 22.8 Å². The fourth-order valence-electron chi connectivity index (χ4n) is 3.32. The predicted octanol–water partition coefficient (Wildman–Crippen LogP) is 4.80. The maximum Gasteiger partial charge on any atom is 0.407 e. The van der Waals surface area contributed by atoms with Crippen molar-refractivity contribution in [2.75, 3.05) is 6.54 Å². The van der Waals surface area contributed by atoms with Gasteiger partial charge in [-0.1, -0.05) is 62.4 Å². The molecule has 1 unspecified atom stereocenters. The second-order valence-corrected chi connectivity index (χ2v) is 7.95. The fraction of sp³-hybridized carbons (Fsp3) is 0.375. The number of Topliss-reactive ketones (excluding diaryl/α,β-unsaturated/α-hetero) is 1. The van der Waals surface area contributed by atoms with Crippen molar-refractivity contribution in [3.8, 4) is 17.2 Å². The molecule has 2 atom stereocenters. The number of alkyl halides is 3. The van der Waals surface area contributed by atoms with Crippen LogP contribution in [0.3, 0.4) is 0 Å². The van der Waals surface area contributed by atoms with Gasteiger partial charge in [0.25, 0.3) is 0 Å². The molecular weight excluding hydrogens is 419 g/mol. The van der Waals surface area contributed by atoms with E-state index in [1.54, 1.807) is 56.3 Å². The third-order valence-corrected chi connectivity index (χ3v) is 4.93. The molecule has 0 saturated carbocycles. The minimum Gasteiger partial charge on any atom is -0.342 e. The first kappa shape index (κ1) is 25.1. The van der Waals surface area contributed by atoms with Gasteiger partial charge in [0.2, 0.25) is 5.91 Å². The number of carbonyl (C=O) groups is 2. The number of halogens is 3. The molecule has 0 aliphatic heterocycles. The molecule has 0 aromatic heterocycles. The first-order valence-electron chi connectivity index (χ1n) is 10.2. The van der Waals surface area contributed by atoms with Gasteiger partial charge in [-0.2, -0.15) is 18.4 Å². The average Bonchev–Trinajstić information content (AvgIpc) is 2.74. The number of hydrogen-bond acceptors (Lipinski definition) is 4. The normalized spacial score (nSPS) is 13.3. The third kappa shape index (κ3) is 6.92. The molecule has 0 aliphatic carbocycles. The first-order valence-corrected chi connectivity index (χ1v) is 10.2. The zero-order valence-corrected chi connectivity index (χ0v) is 18.2. The summed E-state index contributed by atoms with van der Waals surface area (Å²) in [6, 6.07) is 11.3. The summed E-state index contributed by atoms with van der Waals surface area (Å²) in [7, 11) is 0. The second kappa shape index (κ2) is 10.9. The average molecular weight is 445 g/mol. The molecule has 0 bridgehead atoms. The van der Waals surface area contributed by atoms with E-state index in [-0.39, 0.29) is 30.2 Å². The van der Waals surface area contributed by atoms with Gasteiger partial charge in [-0.25, -0.2) is 0 Å². The Hall–Kier alpha value is -3.18. The number of ketones is 1. The zero-order valence-electron chi connectivity index (χ0n) is 18.2. The van der Waals surface area contributed by atoms with Gasteiger partial charge in [0, 0.05) is 5.56 Å². The van der Waals surface area contributed by atoms with Crippen LogP contribution in [-0.4, -0.2) is 30.5 Å². The lowest BCUT2D eigenvalue weighted by Gasteiger charge is -2.28. The van der Waals surface area contributed by atoms with Gasteiger partial charge in [-0.15, -0.1) is 0 Å². The molecule has 2 N–H and O–H groups in total. The van der Waals surface area contributed by atoms with Crippen LogP contribution in [0.1, 0.15) is 49.2 Å². The Morgan fingerprint density at radius 3 is 1.97 bits per heavy atom.